The molecular weight excluding hydrogens is 669 g/mol. The fourth-order valence-corrected chi connectivity index (χ4v) is 9.71. The normalized spacial score (nSPS) is 13.4. The number of fused-ring (bicyclic) bond motifs is 12. The van der Waals surface area contributed by atoms with Gasteiger partial charge in [0.15, 0.2) is 0 Å². The summed E-state index contributed by atoms with van der Waals surface area (Å²) < 4.78 is 12.7. The molecule has 2 heterocycles. The van der Waals surface area contributed by atoms with Crippen LogP contribution in [0.3, 0.4) is 0 Å². The predicted octanol–water partition coefficient (Wildman–Crippen LogP) is 15.1. The highest BCUT2D eigenvalue weighted by Crippen LogP contribution is 2.52. The summed E-state index contributed by atoms with van der Waals surface area (Å²) in [7, 11) is 0. The van der Waals surface area contributed by atoms with E-state index in [0.29, 0.717) is 0 Å². The highest BCUT2D eigenvalue weighted by molar-refractivity contribution is 6.26. The molecule has 0 radical (unpaired) electrons. The van der Waals surface area contributed by atoms with E-state index in [9.17, 15) is 0 Å². The predicted molar refractivity (Wildman–Crippen MR) is 230 cm³/mol. The molecule has 11 aromatic rings. The molecule has 2 aromatic heterocycles. The van der Waals surface area contributed by atoms with E-state index >= 15 is 0 Å². The topological polar surface area (TPSA) is 26.3 Å². The van der Waals surface area contributed by atoms with Crippen molar-refractivity contribution in [3.63, 3.8) is 0 Å². The number of benzene rings is 9. The van der Waals surface area contributed by atoms with Crippen molar-refractivity contribution in [2.45, 2.75) is 19.3 Å². The molecule has 0 fully saturated rings. The maximum absolute atomic E-state index is 6.53. The van der Waals surface area contributed by atoms with E-state index in [-0.39, 0.29) is 5.41 Å². The molecule has 2 heteroatoms. The Hall–Kier alpha value is -6.90. The summed E-state index contributed by atoms with van der Waals surface area (Å²) in [5, 5.41) is 9.55. The molecule has 0 atom stereocenters. The van der Waals surface area contributed by atoms with Crippen molar-refractivity contribution in [1.82, 2.24) is 0 Å². The molecule has 55 heavy (non-hydrogen) atoms. The molecule has 1 aliphatic rings. The van der Waals surface area contributed by atoms with E-state index < -0.39 is 0 Å². The molecule has 2 nitrogen and oxygen atoms in total. The number of rotatable bonds is 3. The third-order valence-electron chi connectivity index (χ3n) is 12.3. The van der Waals surface area contributed by atoms with Crippen LogP contribution in [0.15, 0.2) is 179 Å². The smallest absolute Gasteiger partial charge is 0.136 e. The Morgan fingerprint density at radius 1 is 0.327 bits per heavy atom. The maximum Gasteiger partial charge on any atom is 0.136 e. The summed E-state index contributed by atoms with van der Waals surface area (Å²) in [6, 6.07) is 61.8. The van der Waals surface area contributed by atoms with Gasteiger partial charge in [0.25, 0.3) is 0 Å². The van der Waals surface area contributed by atoms with Gasteiger partial charge in [-0.25, -0.2) is 0 Å². The van der Waals surface area contributed by atoms with Crippen molar-refractivity contribution in [3.05, 3.63) is 181 Å². The number of hydrogen-bond donors (Lipinski definition) is 0. The summed E-state index contributed by atoms with van der Waals surface area (Å²) in [6.45, 7) is 4.74. The molecule has 0 spiro atoms. The zero-order valence-corrected chi connectivity index (χ0v) is 30.5. The molecule has 258 valence electrons. The van der Waals surface area contributed by atoms with Gasteiger partial charge in [0.05, 0.1) is 0 Å². The van der Waals surface area contributed by atoms with Gasteiger partial charge in [0, 0.05) is 27.0 Å². The second-order valence-electron chi connectivity index (χ2n) is 15.6. The monoisotopic (exact) mass is 702 g/mol. The molecule has 0 unspecified atom stereocenters. The van der Waals surface area contributed by atoms with E-state index in [1.54, 1.807) is 0 Å². The maximum atomic E-state index is 6.53. The van der Waals surface area contributed by atoms with Crippen molar-refractivity contribution < 1.29 is 8.83 Å². The zero-order valence-electron chi connectivity index (χ0n) is 30.5. The average molecular weight is 703 g/mol. The van der Waals surface area contributed by atoms with E-state index in [1.807, 2.05) is 24.3 Å². The highest BCUT2D eigenvalue weighted by Gasteiger charge is 2.36. The first-order valence-corrected chi connectivity index (χ1v) is 19.1. The summed E-state index contributed by atoms with van der Waals surface area (Å²) in [4.78, 5) is 0. The molecule has 12 rings (SSSR count). The zero-order chi connectivity index (χ0) is 36.4. The Balaban J connectivity index is 1.00. The fraction of sp³-hybridized carbons (Fsp3) is 0.0566. The molecule has 0 N–H and O–H groups in total. The largest absolute Gasteiger partial charge is 0.456 e. The van der Waals surface area contributed by atoms with Crippen LogP contribution in [0, 0.1) is 0 Å². The van der Waals surface area contributed by atoms with E-state index in [0.717, 1.165) is 49.4 Å². The van der Waals surface area contributed by atoms with Gasteiger partial charge in [-0.1, -0.05) is 141 Å². The van der Waals surface area contributed by atoms with Crippen LogP contribution in [0.5, 0.6) is 0 Å². The first kappa shape index (κ1) is 30.6. The summed E-state index contributed by atoms with van der Waals surface area (Å²) >= 11 is 0. The number of para-hydroxylation sites is 1. The van der Waals surface area contributed by atoms with Crippen LogP contribution in [0.2, 0.25) is 0 Å². The fourth-order valence-electron chi connectivity index (χ4n) is 9.71. The standard InChI is InChI=1S/C53H34O2/c1-53(2)43-25-22-32(33-20-24-41-48(30-33)55-47-27-26-46-51(52(41)47)40-18-10-11-19-45(40)54-46)28-42(43)35-23-21-34(29-44(35)53)50-38-16-8-6-14-36(38)49(31-12-4-3-5-13-31)37-15-7-9-17-39(37)50/h3-30H,1-2H3. The molecular formula is C53H34O2. The summed E-state index contributed by atoms with van der Waals surface area (Å²) in [5.74, 6) is 0. The van der Waals surface area contributed by atoms with Gasteiger partial charge in [0.1, 0.15) is 22.3 Å². The summed E-state index contributed by atoms with van der Waals surface area (Å²) in [6.07, 6.45) is 0. The molecule has 0 bridgehead atoms. The number of hydrogen-bond acceptors (Lipinski definition) is 2. The third-order valence-corrected chi connectivity index (χ3v) is 12.3. The van der Waals surface area contributed by atoms with Crippen LogP contribution in [-0.4, -0.2) is 0 Å². The average Bonchev–Trinajstić information content (AvgIpc) is 3.86. The Kier molecular flexibility index (Phi) is 6.15. The van der Waals surface area contributed by atoms with Gasteiger partial charge >= 0.3 is 0 Å². The first-order valence-electron chi connectivity index (χ1n) is 19.1. The first-order chi connectivity index (χ1) is 27.0. The lowest BCUT2D eigenvalue weighted by molar-refractivity contribution is 0.660. The van der Waals surface area contributed by atoms with Crippen LogP contribution in [0.25, 0.3) is 110 Å². The van der Waals surface area contributed by atoms with Crippen LogP contribution >= 0.6 is 0 Å². The Bertz CT molecular complexity index is 3340. The summed E-state index contributed by atoms with van der Waals surface area (Å²) in [5.41, 5.74) is 16.1. The second kappa shape index (κ2) is 11.1. The van der Waals surface area contributed by atoms with Crippen LogP contribution < -0.4 is 0 Å². The molecule has 0 amide bonds. The van der Waals surface area contributed by atoms with Crippen LogP contribution in [0.1, 0.15) is 25.0 Å². The van der Waals surface area contributed by atoms with Crippen LogP contribution in [-0.2, 0) is 5.41 Å². The van der Waals surface area contributed by atoms with Crippen molar-refractivity contribution in [1.29, 1.82) is 0 Å². The minimum absolute atomic E-state index is 0.157. The van der Waals surface area contributed by atoms with Crippen LogP contribution in [0.4, 0.5) is 0 Å². The lowest BCUT2D eigenvalue weighted by Gasteiger charge is -2.23. The van der Waals surface area contributed by atoms with E-state index in [1.165, 1.54) is 71.6 Å². The van der Waals surface area contributed by atoms with Crippen molar-refractivity contribution >= 4 is 65.4 Å². The second-order valence-corrected chi connectivity index (χ2v) is 15.6. The van der Waals surface area contributed by atoms with Crippen molar-refractivity contribution in [2.24, 2.45) is 0 Å². The lowest BCUT2D eigenvalue weighted by Crippen LogP contribution is -2.15. The van der Waals surface area contributed by atoms with Gasteiger partial charge in [-0.15, -0.1) is 0 Å². The highest BCUT2D eigenvalue weighted by atomic mass is 16.3. The molecule has 9 aromatic carbocycles. The Morgan fingerprint density at radius 3 is 1.55 bits per heavy atom. The van der Waals surface area contributed by atoms with E-state index in [4.69, 9.17) is 8.83 Å². The SMILES string of the molecule is CC1(C)c2ccc(-c3ccc4c(c3)oc3ccc5oc6ccccc6c5c34)cc2-c2ccc(-c3c4ccccc4c(-c4ccccc4)c4ccccc34)cc21. The van der Waals surface area contributed by atoms with Gasteiger partial charge in [-0.3, -0.25) is 0 Å². The molecule has 0 aliphatic heterocycles. The minimum Gasteiger partial charge on any atom is -0.456 e. The van der Waals surface area contributed by atoms with E-state index in [2.05, 4.69) is 159 Å². The van der Waals surface area contributed by atoms with Crippen molar-refractivity contribution in [3.8, 4) is 44.5 Å². The molecule has 1 aliphatic carbocycles. The lowest BCUT2D eigenvalue weighted by atomic mass is 9.80. The Morgan fingerprint density at radius 2 is 0.855 bits per heavy atom. The van der Waals surface area contributed by atoms with Gasteiger partial charge < -0.3 is 8.83 Å². The third kappa shape index (κ3) is 4.25. The minimum atomic E-state index is -0.157. The number of furan rings is 2. The van der Waals surface area contributed by atoms with Gasteiger partial charge in [-0.2, -0.15) is 0 Å². The van der Waals surface area contributed by atoms with Gasteiger partial charge in [0.2, 0.25) is 0 Å². The molecule has 0 saturated heterocycles. The molecule has 0 saturated carbocycles. The Labute approximate surface area is 317 Å². The van der Waals surface area contributed by atoms with Crippen molar-refractivity contribution in [2.75, 3.05) is 0 Å². The quantitative estimate of drug-likeness (QED) is 0.171. The van der Waals surface area contributed by atoms with Gasteiger partial charge in [-0.05, 0) is 120 Å².